The molecule has 3 unspecified atom stereocenters. The molecule has 0 aromatic rings. The summed E-state index contributed by atoms with van der Waals surface area (Å²) in [6.45, 7) is 16.3. The minimum atomic E-state index is 0.436. The quantitative estimate of drug-likeness (QED) is 0.532. The summed E-state index contributed by atoms with van der Waals surface area (Å²) in [5, 5.41) is 0. The summed E-state index contributed by atoms with van der Waals surface area (Å²) in [7, 11) is 0. The van der Waals surface area contributed by atoms with Crippen molar-refractivity contribution in [3.8, 4) is 11.8 Å². The van der Waals surface area contributed by atoms with E-state index in [0.29, 0.717) is 11.3 Å². The van der Waals surface area contributed by atoms with Crippen molar-refractivity contribution in [1.82, 2.24) is 0 Å². The lowest BCUT2D eigenvalue weighted by Gasteiger charge is -2.38. The van der Waals surface area contributed by atoms with Gasteiger partial charge in [-0.05, 0) is 23.2 Å². The third-order valence-corrected chi connectivity index (χ3v) is 4.89. The van der Waals surface area contributed by atoms with Crippen molar-refractivity contribution in [2.45, 2.75) is 74.1 Å². The van der Waals surface area contributed by atoms with Gasteiger partial charge < -0.3 is 0 Å². The maximum atomic E-state index is 3.40. The first-order chi connectivity index (χ1) is 7.88. The fourth-order valence-corrected chi connectivity index (χ4v) is 2.17. The molecule has 17 heavy (non-hydrogen) atoms. The number of rotatable bonds is 6. The first-order valence-corrected chi connectivity index (χ1v) is 7.34. The summed E-state index contributed by atoms with van der Waals surface area (Å²) in [5.74, 6) is 8.92. The van der Waals surface area contributed by atoms with Gasteiger partial charge in [0.2, 0.25) is 0 Å². The summed E-state index contributed by atoms with van der Waals surface area (Å²) < 4.78 is 0. The van der Waals surface area contributed by atoms with Gasteiger partial charge >= 0.3 is 0 Å². The molecular weight excluding hydrogens is 204 g/mol. The molecule has 0 aliphatic rings. The molecule has 0 radical (unpaired) electrons. The molecule has 0 aromatic carbocycles. The second-order valence-electron chi connectivity index (χ2n) is 6.19. The van der Waals surface area contributed by atoms with E-state index in [1.807, 2.05) is 0 Å². The van der Waals surface area contributed by atoms with Gasteiger partial charge in [0.25, 0.3) is 0 Å². The average Bonchev–Trinajstić information content (AvgIpc) is 2.32. The molecular formula is C17H32. The molecule has 0 bridgehead atoms. The van der Waals surface area contributed by atoms with Gasteiger partial charge in [0, 0.05) is 12.8 Å². The van der Waals surface area contributed by atoms with Gasteiger partial charge in [0.15, 0.2) is 0 Å². The van der Waals surface area contributed by atoms with Gasteiger partial charge in [-0.2, -0.15) is 0 Å². The van der Waals surface area contributed by atoms with Crippen LogP contribution < -0.4 is 0 Å². The predicted molar refractivity (Wildman–Crippen MR) is 78.9 cm³/mol. The largest absolute Gasteiger partial charge is 0.103 e. The minimum absolute atomic E-state index is 0.436. The van der Waals surface area contributed by atoms with Crippen molar-refractivity contribution < 1.29 is 0 Å². The zero-order chi connectivity index (χ0) is 13.5. The Labute approximate surface area is 110 Å². The molecule has 100 valence electrons. The Morgan fingerprint density at radius 2 is 1.47 bits per heavy atom. The Hall–Kier alpha value is -0.440. The second kappa shape index (κ2) is 7.80. The average molecular weight is 236 g/mol. The van der Waals surface area contributed by atoms with E-state index in [9.17, 15) is 0 Å². The molecule has 0 aromatic heterocycles. The maximum absolute atomic E-state index is 3.40. The Morgan fingerprint density at radius 1 is 0.941 bits per heavy atom. The zero-order valence-corrected chi connectivity index (χ0v) is 13.1. The fourth-order valence-electron chi connectivity index (χ4n) is 2.17. The van der Waals surface area contributed by atoms with Crippen LogP contribution >= 0.6 is 0 Å². The van der Waals surface area contributed by atoms with Crippen LogP contribution in [-0.2, 0) is 0 Å². The zero-order valence-electron chi connectivity index (χ0n) is 13.1. The lowest BCUT2D eigenvalue weighted by molar-refractivity contribution is 0.122. The van der Waals surface area contributed by atoms with Gasteiger partial charge in [0.1, 0.15) is 0 Å². The Kier molecular flexibility index (Phi) is 7.60. The van der Waals surface area contributed by atoms with Crippen molar-refractivity contribution in [2.75, 3.05) is 0 Å². The highest BCUT2D eigenvalue weighted by Gasteiger charge is 2.31. The van der Waals surface area contributed by atoms with Gasteiger partial charge in [-0.3, -0.25) is 0 Å². The molecule has 0 amide bonds. The van der Waals surface area contributed by atoms with E-state index in [0.717, 1.165) is 24.7 Å². The molecule has 3 atom stereocenters. The topological polar surface area (TPSA) is 0 Å². The monoisotopic (exact) mass is 236 g/mol. The molecule has 0 aliphatic carbocycles. The van der Waals surface area contributed by atoms with Crippen LogP contribution in [0.3, 0.4) is 0 Å². The summed E-state index contributed by atoms with van der Waals surface area (Å²) in [6.07, 6.45) is 4.61. The molecule has 0 heterocycles. The summed E-state index contributed by atoms with van der Waals surface area (Å²) >= 11 is 0. The molecule has 0 fully saturated rings. The van der Waals surface area contributed by atoms with Crippen molar-refractivity contribution in [3.63, 3.8) is 0 Å². The molecule has 0 saturated carbocycles. The van der Waals surface area contributed by atoms with E-state index in [-0.39, 0.29) is 0 Å². The molecule has 0 heteroatoms. The van der Waals surface area contributed by atoms with Crippen molar-refractivity contribution in [2.24, 2.45) is 23.2 Å². The van der Waals surface area contributed by atoms with Crippen LogP contribution in [0.2, 0.25) is 0 Å². The van der Waals surface area contributed by atoms with E-state index < -0.39 is 0 Å². The third-order valence-electron chi connectivity index (χ3n) is 4.89. The summed E-state index contributed by atoms with van der Waals surface area (Å²) in [4.78, 5) is 0. The van der Waals surface area contributed by atoms with Gasteiger partial charge in [0.05, 0.1) is 0 Å². The van der Waals surface area contributed by atoms with Crippen LogP contribution in [0.25, 0.3) is 0 Å². The van der Waals surface area contributed by atoms with E-state index in [1.165, 1.54) is 12.8 Å². The predicted octanol–water partition coefficient (Wildman–Crippen LogP) is 5.52. The second-order valence-corrected chi connectivity index (χ2v) is 6.19. The summed E-state index contributed by atoms with van der Waals surface area (Å²) in [6, 6.07) is 0. The van der Waals surface area contributed by atoms with E-state index >= 15 is 0 Å². The normalized spacial score (nSPS) is 18.1. The number of hydrogen-bond donors (Lipinski definition) is 0. The lowest BCUT2D eigenvalue weighted by atomic mass is 9.67. The van der Waals surface area contributed by atoms with Crippen molar-refractivity contribution in [3.05, 3.63) is 0 Å². The van der Waals surface area contributed by atoms with Crippen molar-refractivity contribution >= 4 is 0 Å². The molecule has 0 N–H and O–H groups in total. The van der Waals surface area contributed by atoms with Crippen LogP contribution in [0.4, 0.5) is 0 Å². The molecule has 0 spiro atoms. The maximum Gasteiger partial charge on any atom is 0.0120 e. The van der Waals surface area contributed by atoms with Crippen molar-refractivity contribution in [1.29, 1.82) is 0 Å². The molecule has 0 rings (SSSR count). The third kappa shape index (κ3) is 5.15. The molecule has 0 saturated heterocycles. The highest BCUT2D eigenvalue weighted by molar-refractivity contribution is 5.02. The highest BCUT2D eigenvalue weighted by atomic mass is 14.4. The fraction of sp³-hybridized carbons (Fsp3) is 0.882. The SMILES string of the molecule is CCC(C)CC#CCC(C)C(C)(CC)C(C)C. The number of hydrogen-bond acceptors (Lipinski definition) is 0. The highest BCUT2D eigenvalue weighted by Crippen LogP contribution is 2.40. The van der Waals surface area contributed by atoms with E-state index in [4.69, 9.17) is 0 Å². The van der Waals surface area contributed by atoms with Crippen LogP contribution in [0.1, 0.15) is 74.1 Å². The first kappa shape index (κ1) is 16.6. The van der Waals surface area contributed by atoms with Crippen LogP contribution in [0.5, 0.6) is 0 Å². The van der Waals surface area contributed by atoms with Gasteiger partial charge in [-0.15, -0.1) is 11.8 Å². The van der Waals surface area contributed by atoms with Crippen LogP contribution in [0.15, 0.2) is 0 Å². The molecule has 0 nitrogen and oxygen atoms in total. The first-order valence-electron chi connectivity index (χ1n) is 7.34. The van der Waals surface area contributed by atoms with Crippen LogP contribution in [0, 0.1) is 35.0 Å². The minimum Gasteiger partial charge on any atom is -0.103 e. The Balaban J connectivity index is 4.29. The molecule has 0 aliphatic heterocycles. The Morgan fingerprint density at radius 3 is 1.88 bits per heavy atom. The standard InChI is InChI=1S/C17H32/c1-8-15(5)12-10-11-13-16(6)17(7,9-2)14(3)4/h14-16H,8-9,12-13H2,1-7H3. The Bertz CT molecular complexity index is 253. The van der Waals surface area contributed by atoms with Gasteiger partial charge in [-0.25, -0.2) is 0 Å². The van der Waals surface area contributed by atoms with Gasteiger partial charge in [-0.1, -0.05) is 61.3 Å². The van der Waals surface area contributed by atoms with Crippen LogP contribution in [-0.4, -0.2) is 0 Å². The van der Waals surface area contributed by atoms with E-state index in [1.54, 1.807) is 0 Å². The van der Waals surface area contributed by atoms with E-state index in [2.05, 4.69) is 60.3 Å². The smallest absolute Gasteiger partial charge is 0.0120 e. The summed E-state index contributed by atoms with van der Waals surface area (Å²) in [5.41, 5.74) is 0.436. The lowest BCUT2D eigenvalue weighted by Crippen LogP contribution is -2.30.